The molecule has 0 spiro atoms. The normalized spacial score (nSPS) is 17.2. The van der Waals surface area contributed by atoms with Crippen LogP contribution in [0.15, 0.2) is 30.3 Å². The second-order valence-electron chi connectivity index (χ2n) is 8.54. The molecular formula is C25H28F3NO3. The van der Waals surface area contributed by atoms with E-state index < -0.39 is 17.5 Å². The molecule has 0 aromatic heterocycles. The van der Waals surface area contributed by atoms with Crippen LogP contribution in [0, 0.1) is 23.4 Å². The fraction of sp³-hybridized carbons (Fsp3) is 0.480. The summed E-state index contributed by atoms with van der Waals surface area (Å²) >= 11 is 0. The number of nitrogens with zero attached hydrogens (tertiary/aromatic N) is 1. The average Bonchev–Trinajstić information content (AvgIpc) is 2.72. The third-order valence-corrected chi connectivity index (χ3v) is 6.32. The number of benzene rings is 2. The van der Waals surface area contributed by atoms with Crippen molar-refractivity contribution < 1.29 is 27.4 Å². The summed E-state index contributed by atoms with van der Waals surface area (Å²) in [6.45, 7) is 3.05. The zero-order valence-corrected chi connectivity index (χ0v) is 18.2. The van der Waals surface area contributed by atoms with Crippen molar-refractivity contribution in [3.05, 3.63) is 47.8 Å². The molecule has 172 valence electrons. The number of carbonyl (C=O) groups excluding carboxylic acids is 1. The van der Waals surface area contributed by atoms with E-state index in [4.69, 9.17) is 9.47 Å². The molecule has 7 heteroatoms. The lowest BCUT2D eigenvalue weighted by Crippen LogP contribution is -2.35. The first kappa shape index (κ1) is 22.5. The third kappa shape index (κ3) is 5.03. The largest absolute Gasteiger partial charge is 0.487 e. The van der Waals surface area contributed by atoms with Crippen molar-refractivity contribution in [2.24, 2.45) is 5.92 Å². The summed E-state index contributed by atoms with van der Waals surface area (Å²) in [6.07, 6.45) is 4.50. The van der Waals surface area contributed by atoms with Gasteiger partial charge in [-0.25, -0.2) is 13.2 Å². The van der Waals surface area contributed by atoms with Crippen molar-refractivity contribution in [2.75, 3.05) is 24.6 Å². The highest BCUT2D eigenvalue weighted by atomic mass is 19.1. The van der Waals surface area contributed by atoms with Gasteiger partial charge in [-0.2, -0.15) is 0 Å². The van der Waals surface area contributed by atoms with Crippen LogP contribution < -0.4 is 9.64 Å². The molecule has 4 rings (SSSR count). The zero-order chi connectivity index (χ0) is 22.7. The molecule has 1 heterocycles. The SMILES string of the molecule is CCOC(=O)CC1CCN(c2c(F)cc(-c3ccc(F)c(OC4CCC4)c3)cc2F)CC1. The van der Waals surface area contributed by atoms with Gasteiger partial charge >= 0.3 is 5.97 Å². The summed E-state index contributed by atoms with van der Waals surface area (Å²) in [5, 5.41) is 0. The molecule has 1 saturated carbocycles. The van der Waals surface area contributed by atoms with E-state index in [0.717, 1.165) is 19.3 Å². The lowest BCUT2D eigenvalue weighted by molar-refractivity contribution is -0.144. The molecule has 0 radical (unpaired) electrons. The molecule has 0 amide bonds. The Morgan fingerprint density at radius 2 is 1.66 bits per heavy atom. The first-order valence-corrected chi connectivity index (χ1v) is 11.3. The predicted octanol–water partition coefficient (Wildman–Crippen LogP) is 5.87. The number of piperidine rings is 1. The molecule has 0 unspecified atom stereocenters. The molecule has 0 atom stereocenters. The van der Waals surface area contributed by atoms with Gasteiger partial charge in [0, 0.05) is 19.5 Å². The number of rotatable bonds is 7. The maximum atomic E-state index is 15.0. The predicted molar refractivity (Wildman–Crippen MR) is 116 cm³/mol. The van der Waals surface area contributed by atoms with E-state index >= 15 is 0 Å². The van der Waals surface area contributed by atoms with Crippen molar-refractivity contribution in [2.45, 2.75) is 51.6 Å². The van der Waals surface area contributed by atoms with Gasteiger partial charge in [0.2, 0.25) is 0 Å². The van der Waals surface area contributed by atoms with Crippen molar-refractivity contribution in [1.29, 1.82) is 0 Å². The Balaban J connectivity index is 1.47. The minimum atomic E-state index is -0.658. The van der Waals surface area contributed by atoms with Crippen LogP contribution >= 0.6 is 0 Å². The second-order valence-corrected chi connectivity index (χ2v) is 8.54. The molecule has 0 N–H and O–H groups in total. The van der Waals surface area contributed by atoms with Gasteiger partial charge in [-0.15, -0.1) is 0 Å². The summed E-state index contributed by atoms with van der Waals surface area (Å²) in [5.41, 5.74) is 0.772. The van der Waals surface area contributed by atoms with Crippen molar-refractivity contribution >= 4 is 11.7 Å². The number of anilines is 1. The lowest BCUT2D eigenvalue weighted by Gasteiger charge is -2.33. The van der Waals surface area contributed by atoms with Crippen molar-refractivity contribution in [3.8, 4) is 16.9 Å². The fourth-order valence-corrected chi connectivity index (χ4v) is 4.29. The van der Waals surface area contributed by atoms with Gasteiger partial charge in [0.25, 0.3) is 0 Å². The monoisotopic (exact) mass is 447 g/mol. The molecule has 2 aliphatic rings. The number of halogens is 3. The Bertz CT molecular complexity index is 946. The van der Waals surface area contributed by atoms with Crippen LogP contribution in [0.4, 0.5) is 18.9 Å². The smallest absolute Gasteiger partial charge is 0.306 e. The Hall–Kier alpha value is -2.70. The van der Waals surface area contributed by atoms with Gasteiger partial charge in [-0.1, -0.05) is 6.07 Å². The first-order valence-electron chi connectivity index (χ1n) is 11.3. The number of carbonyl (C=O) groups is 1. The molecule has 1 aliphatic heterocycles. The van der Waals surface area contributed by atoms with Crippen molar-refractivity contribution in [3.63, 3.8) is 0 Å². The van der Waals surface area contributed by atoms with Crippen LogP contribution in [0.2, 0.25) is 0 Å². The lowest BCUT2D eigenvalue weighted by atomic mass is 9.93. The Kier molecular flexibility index (Phi) is 6.92. The minimum Gasteiger partial charge on any atom is -0.487 e. The van der Waals surface area contributed by atoms with Gasteiger partial charge in [-0.3, -0.25) is 4.79 Å². The van der Waals surface area contributed by atoms with Gasteiger partial charge in [0.05, 0.1) is 12.7 Å². The summed E-state index contributed by atoms with van der Waals surface area (Å²) in [4.78, 5) is 13.4. The van der Waals surface area contributed by atoms with Crippen LogP contribution in [0.25, 0.3) is 11.1 Å². The average molecular weight is 447 g/mol. The highest BCUT2D eigenvalue weighted by Gasteiger charge is 2.26. The van der Waals surface area contributed by atoms with E-state index in [1.54, 1.807) is 11.8 Å². The fourth-order valence-electron chi connectivity index (χ4n) is 4.29. The molecule has 2 aromatic rings. The highest BCUT2D eigenvalue weighted by molar-refractivity contribution is 5.70. The van der Waals surface area contributed by atoms with Crippen LogP contribution in [-0.4, -0.2) is 31.8 Å². The Morgan fingerprint density at radius 1 is 0.969 bits per heavy atom. The highest BCUT2D eigenvalue weighted by Crippen LogP contribution is 2.35. The Morgan fingerprint density at radius 3 is 2.25 bits per heavy atom. The van der Waals surface area contributed by atoms with E-state index in [9.17, 15) is 18.0 Å². The molecule has 1 aliphatic carbocycles. The quantitative estimate of drug-likeness (QED) is 0.498. The van der Waals surface area contributed by atoms with Crippen molar-refractivity contribution in [1.82, 2.24) is 0 Å². The van der Waals surface area contributed by atoms with E-state index in [2.05, 4.69) is 0 Å². The minimum absolute atomic E-state index is 0.00218. The molecule has 32 heavy (non-hydrogen) atoms. The van der Waals surface area contributed by atoms with E-state index in [0.29, 0.717) is 50.1 Å². The summed E-state index contributed by atoms with van der Waals surface area (Å²) < 4.78 is 54.7. The molecule has 2 fully saturated rings. The van der Waals surface area contributed by atoms with E-state index in [-0.39, 0.29) is 29.4 Å². The topological polar surface area (TPSA) is 38.8 Å². The first-order chi connectivity index (χ1) is 15.4. The zero-order valence-electron chi connectivity index (χ0n) is 18.2. The molecular weight excluding hydrogens is 419 g/mol. The van der Waals surface area contributed by atoms with Gasteiger partial charge < -0.3 is 14.4 Å². The van der Waals surface area contributed by atoms with Crippen LogP contribution in [-0.2, 0) is 9.53 Å². The van der Waals surface area contributed by atoms with Gasteiger partial charge in [0.15, 0.2) is 11.6 Å². The maximum absolute atomic E-state index is 15.0. The standard InChI is InChI=1S/C25H28F3NO3/c1-2-31-24(30)12-16-8-10-29(11-9-16)25-21(27)13-18(14-22(25)28)17-6-7-20(26)23(15-17)32-19-4-3-5-19/h6-7,13-16,19H,2-5,8-12H2,1H3. The third-order valence-electron chi connectivity index (χ3n) is 6.32. The van der Waals surface area contributed by atoms with Gasteiger partial charge in [-0.05, 0) is 80.3 Å². The molecule has 2 aromatic carbocycles. The van der Waals surface area contributed by atoms with Crippen LogP contribution in [0.1, 0.15) is 45.4 Å². The number of hydrogen-bond donors (Lipinski definition) is 0. The number of hydrogen-bond acceptors (Lipinski definition) is 4. The molecule has 1 saturated heterocycles. The van der Waals surface area contributed by atoms with Crippen LogP contribution in [0.5, 0.6) is 5.75 Å². The van der Waals surface area contributed by atoms with Crippen LogP contribution in [0.3, 0.4) is 0 Å². The number of esters is 1. The summed E-state index contributed by atoms with van der Waals surface area (Å²) in [7, 11) is 0. The summed E-state index contributed by atoms with van der Waals surface area (Å²) in [6, 6.07) is 6.83. The second kappa shape index (κ2) is 9.84. The summed E-state index contributed by atoms with van der Waals surface area (Å²) in [5.74, 6) is -1.76. The number of ether oxygens (including phenoxy) is 2. The Labute approximate surface area is 186 Å². The van der Waals surface area contributed by atoms with E-state index in [1.165, 1.54) is 30.3 Å². The van der Waals surface area contributed by atoms with E-state index in [1.807, 2.05) is 0 Å². The maximum Gasteiger partial charge on any atom is 0.306 e. The molecule has 4 nitrogen and oxygen atoms in total. The van der Waals surface area contributed by atoms with Gasteiger partial charge in [0.1, 0.15) is 17.3 Å². The molecule has 0 bridgehead atoms.